The van der Waals surface area contributed by atoms with Crippen LogP contribution >= 0.6 is 11.8 Å². The van der Waals surface area contributed by atoms with Crippen molar-refractivity contribution < 1.29 is 13.2 Å². The van der Waals surface area contributed by atoms with E-state index in [1.165, 1.54) is 6.42 Å². The lowest BCUT2D eigenvalue weighted by Gasteiger charge is -2.31. The number of aliphatic imine (C=N–C) groups is 1. The number of alkyl halides is 3. The Kier molecular flexibility index (Phi) is 5.42. The highest BCUT2D eigenvalue weighted by Gasteiger charge is 2.27. The molecule has 0 aromatic carbocycles. The third-order valence-electron chi connectivity index (χ3n) is 2.61. The van der Waals surface area contributed by atoms with Crippen molar-refractivity contribution in [1.82, 2.24) is 4.90 Å². The molecular formula is C10H18F3N3S. The van der Waals surface area contributed by atoms with E-state index in [0.717, 1.165) is 19.5 Å². The molecule has 0 aliphatic carbocycles. The van der Waals surface area contributed by atoms with Crippen molar-refractivity contribution in [1.29, 1.82) is 0 Å². The summed E-state index contributed by atoms with van der Waals surface area (Å²) >= 11 is -0.0584. The molecule has 3 nitrogen and oxygen atoms in total. The lowest BCUT2D eigenvalue weighted by atomic mass is 10.0. The van der Waals surface area contributed by atoms with E-state index < -0.39 is 5.51 Å². The molecule has 1 saturated heterocycles. The van der Waals surface area contributed by atoms with Crippen molar-refractivity contribution in [2.45, 2.75) is 25.3 Å². The lowest BCUT2D eigenvalue weighted by molar-refractivity contribution is -0.0327. The lowest BCUT2D eigenvalue weighted by Crippen LogP contribution is -2.43. The SMILES string of the molecule is CC1CCCN(C(N)=NCCSC(F)(F)F)C1. The Hall–Kier alpha value is -0.590. The van der Waals surface area contributed by atoms with Crippen LogP contribution in [0.25, 0.3) is 0 Å². The highest BCUT2D eigenvalue weighted by Crippen LogP contribution is 2.29. The number of guanidine groups is 1. The maximum absolute atomic E-state index is 11.9. The van der Waals surface area contributed by atoms with Crippen LogP contribution in [0.2, 0.25) is 0 Å². The largest absolute Gasteiger partial charge is 0.441 e. The normalized spacial score (nSPS) is 22.9. The first-order valence-corrected chi connectivity index (χ1v) is 6.62. The molecular weight excluding hydrogens is 251 g/mol. The molecule has 1 heterocycles. The summed E-state index contributed by atoms with van der Waals surface area (Å²) in [5.41, 5.74) is 1.57. The predicted molar refractivity (Wildman–Crippen MR) is 65.0 cm³/mol. The second kappa shape index (κ2) is 6.37. The summed E-state index contributed by atoms with van der Waals surface area (Å²) in [6, 6.07) is 0. The number of halogens is 3. The van der Waals surface area contributed by atoms with Crippen molar-refractivity contribution in [3.8, 4) is 0 Å². The molecule has 1 aliphatic heterocycles. The van der Waals surface area contributed by atoms with Gasteiger partial charge in [-0.05, 0) is 30.5 Å². The van der Waals surface area contributed by atoms with Crippen LogP contribution in [0.5, 0.6) is 0 Å². The highest BCUT2D eigenvalue weighted by molar-refractivity contribution is 8.00. The molecule has 1 fully saturated rings. The zero-order chi connectivity index (χ0) is 12.9. The molecule has 0 amide bonds. The van der Waals surface area contributed by atoms with Gasteiger partial charge in [0, 0.05) is 18.8 Å². The van der Waals surface area contributed by atoms with Gasteiger partial charge in [0.05, 0.1) is 6.54 Å². The second-order valence-corrected chi connectivity index (χ2v) is 5.39. The Bertz CT molecular complexity index is 268. The zero-order valence-electron chi connectivity index (χ0n) is 9.83. The summed E-state index contributed by atoms with van der Waals surface area (Å²) in [5, 5.41) is 0. The predicted octanol–water partition coefficient (Wildman–Crippen LogP) is 2.29. The van der Waals surface area contributed by atoms with Crippen molar-refractivity contribution in [2.24, 2.45) is 16.6 Å². The first-order valence-electron chi connectivity index (χ1n) is 5.64. The Morgan fingerprint density at radius 3 is 2.82 bits per heavy atom. The van der Waals surface area contributed by atoms with Crippen LogP contribution < -0.4 is 5.73 Å². The summed E-state index contributed by atoms with van der Waals surface area (Å²) in [4.78, 5) is 5.94. The molecule has 1 unspecified atom stereocenters. The molecule has 1 aliphatic rings. The number of nitrogens with zero attached hydrogens (tertiary/aromatic N) is 2. The quantitative estimate of drug-likeness (QED) is 0.485. The first-order chi connectivity index (χ1) is 7.88. The van der Waals surface area contributed by atoms with E-state index in [1.54, 1.807) is 0 Å². The highest BCUT2D eigenvalue weighted by atomic mass is 32.2. The van der Waals surface area contributed by atoms with Gasteiger partial charge in [-0.25, -0.2) is 0 Å². The number of piperidine rings is 1. The van der Waals surface area contributed by atoms with Crippen molar-refractivity contribution in [3.63, 3.8) is 0 Å². The Morgan fingerprint density at radius 1 is 1.53 bits per heavy atom. The van der Waals surface area contributed by atoms with E-state index in [4.69, 9.17) is 5.73 Å². The third kappa shape index (κ3) is 6.05. The van der Waals surface area contributed by atoms with Gasteiger partial charge in [-0.15, -0.1) is 0 Å². The average Bonchev–Trinajstić information content (AvgIpc) is 2.23. The molecule has 2 N–H and O–H groups in total. The third-order valence-corrected chi connectivity index (χ3v) is 3.33. The molecule has 0 radical (unpaired) electrons. The van der Waals surface area contributed by atoms with Gasteiger partial charge in [-0.1, -0.05) is 6.92 Å². The number of likely N-dealkylation sites (tertiary alicyclic amines) is 1. The van der Waals surface area contributed by atoms with Gasteiger partial charge in [0.15, 0.2) is 5.96 Å². The van der Waals surface area contributed by atoms with Gasteiger partial charge in [-0.2, -0.15) is 13.2 Å². The van der Waals surface area contributed by atoms with Crippen LogP contribution in [-0.4, -0.2) is 41.8 Å². The van der Waals surface area contributed by atoms with E-state index in [0.29, 0.717) is 11.9 Å². The summed E-state index contributed by atoms with van der Waals surface area (Å²) in [6.45, 7) is 3.95. The Balaban J connectivity index is 2.28. The second-order valence-electron chi connectivity index (χ2n) is 4.23. The topological polar surface area (TPSA) is 41.6 Å². The van der Waals surface area contributed by atoms with Crippen LogP contribution in [0.15, 0.2) is 4.99 Å². The fourth-order valence-electron chi connectivity index (χ4n) is 1.82. The molecule has 0 aromatic heterocycles. The van der Waals surface area contributed by atoms with Gasteiger partial charge < -0.3 is 10.6 Å². The number of hydrogen-bond acceptors (Lipinski definition) is 2. The number of thioether (sulfide) groups is 1. The summed E-state index contributed by atoms with van der Waals surface area (Å²) in [5.74, 6) is 0.870. The van der Waals surface area contributed by atoms with Crippen molar-refractivity contribution in [3.05, 3.63) is 0 Å². The van der Waals surface area contributed by atoms with E-state index in [9.17, 15) is 13.2 Å². The molecule has 17 heavy (non-hydrogen) atoms. The molecule has 0 saturated carbocycles. The minimum Gasteiger partial charge on any atom is -0.370 e. The van der Waals surface area contributed by atoms with E-state index in [-0.39, 0.29) is 24.1 Å². The molecule has 1 rings (SSSR count). The molecule has 100 valence electrons. The smallest absolute Gasteiger partial charge is 0.370 e. The minimum atomic E-state index is -4.18. The van der Waals surface area contributed by atoms with Gasteiger partial charge >= 0.3 is 5.51 Å². The van der Waals surface area contributed by atoms with Crippen molar-refractivity contribution in [2.75, 3.05) is 25.4 Å². The van der Waals surface area contributed by atoms with Gasteiger partial charge in [0.25, 0.3) is 0 Å². The standard InChI is InChI=1S/C10H18F3N3S/c1-8-3-2-5-16(7-8)9(14)15-4-6-17-10(11,12)13/h8H,2-7H2,1H3,(H2,14,15). The summed E-state index contributed by atoms with van der Waals surface area (Å²) < 4.78 is 35.6. The first kappa shape index (κ1) is 14.5. The Morgan fingerprint density at radius 2 is 2.24 bits per heavy atom. The number of nitrogens with two attached hydrogens (primary N) is 1. The summed E-state index contributed by atoms with van der Waals surface area (Å²) in [7, 11) is 0. The van der Waals surface area contributed by atoms with Crippen LogP contribution in [0.4, 0.5) is 13.2 Å². The van der Waals surface area contributed by atoms with Gasteiger partial charge in [0.1, 0.15) is 0 Å². The number of rotatable bonds is 3. The molecule has 1 atom stereocenters. The number of hydrogen-bond donors (Lipinski definition) is 1. The molecule has 7 heteroatoms. The van der Waals surface area contributed by atoms with E-state index in [1.807, 2.05) is 4.90 Å². The zero-order valence-corrected chi connectivity index (χ0v) is 10.7. The molecule has 0 aromatic rings. The fraction of sp³-hybridized carbons (Fsp3) is 0.900. The average molecular weight is 269 g/mol. The van der Waals surface area contributed by atoms with Crippen LogP contribution in [0.1, 0.15) is 19.8 Å². The maximum Gasteiger partial charge on any atom is 0.441 e. The molecule has 0 bridgehead atoms. The fourth-order valence-corrected chi connectivity index (χ4v) is 2.23. The van der Waals surface area contributed by atoms with Crippen LogP contribution in [0.3, 0.4) is 0 Å². The maximum atomic E-state index is 11.9. The van der Waals surface area contributed by atoms with Gasteiger partial charge in [0.2, 0.25) is 0 Å². The van der Waals surface area contributed by atoms with Crippen LogP contribution in [-0.2, 0) is 0 Å². The van der Waals surface area contributed by atoms with Gasteiger partial charge in [-0.3, -0.25) is 4.99 Å². The monoisotopic (exact) mass is 269 g/mol. The minimum absolute atomic E-state index is 0.0584. The Labute approximate surface area is 104 Å². The van der Waals surface area contributed by atoms with E-state index >= 15 is 0 Å². The molecule has 0 spiro atoms. The van der Waals surface area contributed by atoms with Crippen LogP contribution in [0, 0.1) is 5.92 Å². The summed E-state index contributed by atoms with van der Waals surface area (Å²) in [6.07, 6.45) is 2.24. The van der Waals surface area contributed by atoms with Crippen molar-refractivity contribution >= 4 is 17.7 Å². The van der Waals surface area contributed by atoms with E-state index in [2.05, 4.69) is 11.9 Å².